The van der Waals surface area contributed by atoms with Crippen molar-refractivity contribution in [2.24, 2.45) is 5.92 Å². The lowest BCUT2D eigenvalue weighted by Gasteiger charge is -2.18. The van der Waals surface area contributed by atoms with Gasteiger partial charge in [-0.25, -0.2) is 4.79 Å². The summed E-state index contributed by atoms with van der Waals surface area (Å²) in [5, 5.41) is 4.74. The van der Waals surface area contributed by atoms with Gasteiger partial charge in [-0.2, -0.15) is 13.2 Å². The van der Waals surface area contributed by atoms with Crippen LogP contribution in [0.3, 0.4) is 0 Å². The van der Waals surface area contributed by atoms with Gasteiger partial charge in [-0.1, -0.05) is 0 Å². The number of hydrogen-bond donors (Lipinski definition) is 1. The first-order valence-electron chi connectivity index (χ1n) is 8.63. The number of alkyl halides is 3. The summed E-state index contributed by atoms with van der Waals surface area (Å²) in [6.45, 7) is 0.211. The smallest absolute Gasteiger partial charge is 0.406 e. The van der Waals surface area contributed by atoms with Gasteiger partial charge in [0.25, 0.3) is 0 Å². The zero-order chi connectivity index (χ0) is 19.8. The van der Waals surface area contributed by atoms with Crippen molar-refractivity contribution >= 4 is 34.1 Å². The molecule has 1 aliphatic carbocycles. The highest BCUT2D eigenvalue weighted by Crippen LogP contribution is 2.46. The van der Waals surface area contributed by atoms with Crippen molar-refractivity contribution in [3.8, 4) is 0 Å². The van der Waals surface area contributed by atoms with E-state index in [1.165, 1.54) is 11.3 Å². The topological polar surface area (TPSA) is 75.7 Å². The Morgan fingerprint density at radius 2 is 2.07 bits per heavy atom. The molecule has 3 rings (SSSR count). The predicted octanol–water partition coefficient (Wildman–Crippen LogP) is 3.15. The van der Waals surface area contributed by atoms with Crippen molar-refractivity contribution in [2.45, 2.75) is 38.3 Å². The largest absolute Gasteiger partial charge is 0.462 e. The average molecular weight is 404 g/mol. The molecule has 0 radical (unpaired) electrons. The molecule has 1 aromatic heterocycles. The van der Waals surface area contributed by atoms with Crippen LogP contribution in [0.5, 0.6) is 0 Å². The van der Waals surface area contributed by atoms with E-state index in [-0.39, 0.29) is 25.5 Å². The first-order chi connectivity index (χ1) is 12.7. The molecule has 10 heteroatoms. The summed E-state index contributed by atoms with van der Waals surface area (Å²) in [5.74, 6) is -2.43. The molecule has 0 aromatic carbocycles. The van der Waals surface area contributed by atoms with Crippen LogP contribution in [0.15, 0.2) is 5.38 Å². The van der Waals surface area contributed by atoms with Gasteiger partial charge >= 0.3 is 12.1 Å². The van der Waals surface area contributed by atoms with Crippen molar-refractivity contribution in [3.05, 3.63) is 16.5 Å². The van der Waals surface area contributed by atoms with Crippen molar-refractivity contribution in [1.82, 2.24) is 4.90 Å². The van der Waals surface area contributed by atoms with Gasteiger partial charge in [0.2, 0.25) is 11.8 Å². The van der Waals surface area contributed by atoms with Crippen LogP contribution in [0.1, 0.15) is 48.0 Å². The number of nitrogens with zero attached hydrogens (tertiary/aromatic N) is 1. The van der Waals surface area contributed by atoms with Gasteiger partial charge in [-0.05, 0) is 36.6 Å². The van der Waals surface area contributed by atoms with E-state index >= 15 is 0 Å². The Bertz CT molecular complexity index is 758. The SMILES string of the molecule is CCOC(=O)c1c(C2CC2)csc1NC(=O)C1CC(=O)N(CC(F)(F)F)C1. The van der Waals surface area contributed by atoms with Crippen LogP contribution >= 0.6 is 11.3 Å². The lowest BCUT2D eigenvalue weighted by molar-refractivity contribution is -0.157. The van der Waals surface area contributed by atoms with Crippen molar-refractivity contribution in [2.75, 3.05) is 25.0 Å². The third-order valence-electron chi connectivity index (χ3n) is 4.51. The molecule has 2 amide bonds. The first-order valence-corrected chi connectivity index (χ1v) is 9.51. The molecule has 2 heterocycles. The van der Waals surface area contributed by atoms with Gasteiger partial charge in [-0.3, -0.25) is 9.59 Å². The molecule has 2 fully saturated rings. The Kier molecular flexibility index (Phi) is 5.45. The second kappa shape index (κ2) is 7.49. The molecule has 2 aliphatic rings. The number of carbonyl (C=O) groups excluding carboxylic acids is 3. The quantitative estimate of drug-likeness (QED) is 0.739. The summed E-state index contributed by atoms with van der Waals surface area (Å²) in [5.41, 5.74) is 1.14. The monoisotopic (exact) mass is 404 g/mol. The van der Waals surface area contributed by atoms with Crippen molar-refractivity contribution in [1.29, 1.82) is 0 Å². The van der Waals surface area contributed by atoms with Gasteiger partial charge < -0.3 is 15.0 Å². The second-order valence-electron chi connectivity index (χ2n) is 6.67. The van der Waals surface area contributed by atoms with Gasteiger partial charge in [0.1, 0.15) is 11.5 Å². The summed E-state index contributed by atoms with van der Waals surface area (Å²) in [6, 6.07) is 0. The Morgan fingerprint density at radius 3 is 2.67 bits per heavy atom. The zero-order valence-corrected chi connectivity index (χ0v) is 15.4. The number of esters is 1. The van der Waals surface area contributed by atoms with Crippen molar-refractivity contribution in [3.63, 3.8) is 0 Å². The number of likely N-dealkylation sites (tertiary alicyclic amines) is 1. The summed E-state index contributed by atoms with van der Waals surface area (Å²) >= 11 is 1.19. The van der Waals surface area contributed by atoms with Crippen LogP contribution in [-0.4, -0.2) is 48.6 Å². The molecule has 6 nitrogen and oxygen atoms in total. The maximum atomic E-state index is 12.5. The standard InChI is InChI=1S/C17H19F3N2O4S/c1-2-26-16(25)13-11(9-3-4-9)7-27-15(13)21-14(24)10-5-12(23)22(6-10)8-17(18,19)20/h7,9-10H,2-6,8H2,1H3,(H,21,24). The van der Waals surface area contributed by atoms with Crippen molar-refractivity contribution < 1.29 is 32.3 Å². The van der Waals surface area contributed by atoms with Crippen LogP contribution < -0.4 is 5.32 Å². The normalized spacial score (nSPS) is 20.1. The molecule has 1 aliphatic heterocycles. The number of anilines is 1. The number of ether oxygens (including phenoxy) is 1. The molecular formula is C17H19F3N2O4S. The van der Waals surface area contributed by atoms with Crippen LogP contribution in [0.4, 0.5) is 18.2 Å². The number of rotatable bonds is 6. The Morgan fingerprint density at radius 1 is 1.37 bits per heavy atom. The lowest BCUT2D eigenvalue weighted by atomic mass is 10.1. The molecule has 148 valence electrons. The molecule has 0 spiro atoms. The number of nitrogens with one attached hydrogen (secondary N) is 1. The zero-order valence-electron chi connectivity index (χ0n) is 14.6. The van der Waals surface area contributed by atoms with Crippen LogP contribution in [0.2, 0.25) is 0 Å². The summed E-state index contributed by atoms with van der Waals surface area (Å²) in [6.07, 6.45) is -2.87. The lowest BCUT2D eigenvalue weighted by Crippen LogP contribution is -2.36. The molecule has 1 saturated carbocycles. The van der Waals surface area contributed by atoms with Gasteiger partial charge in [-0.15, -0.1) is 11.3 Å². The van der Waals surface area contributed by atoms with Gasteiger partial charge in [0, 0.05) is 13.0 Å². The molecule has 1 saturated heterocycles. The summed E-state index contributed by atoms with van der Waals surface area (Å²) in [4.78, 5) is 37.2. The molecular weight excluding hydrogens is 385 g/mol. The van der Waals surface area contributed by atoms with E-state index < -0.39 is 36.4 Å². The van der Waals surface area contributed by atoms with E-state index in [0.29, 0.717) is 15.5 Å². The number of hydrogen-bond acceptors (Lipinski definition) is 5. The maximum Gasteiger partial charge on any atom is 0.406 e. The fourth-order valence-electron chi connectivity index (χ4n) is 3.10. The second-order valence-corrected chi connectivity index (χ2v) is 7.55. The van der Waals surface area contributed by atoms with E-state index in [1.54, 1.807) is 12.3 Å². The van der Waals surface area contributed by atoms with Crippen LogP contribution in [0.25, 0.3) is 0 Å². The highest BCUT2D eigenvalue weighted by molar-refractivity contribution is 7.15. The maximum absolute atomic E-state index is 12.5. The Balaban J connectivity index is 1.71. The van der Waals surface area contributed by atoms with E-state index in [4.69, 9.17) is 4.74 Å². The predicted molar refractivity (Wildman–Crippen MR) is 91.6 cm³/mol. The van der Waals surface area contributed by atoms with E-state index in [2.05, 4.69) is 5.32 Å². The van der Waals surface area contributed by atoms with Crippen LogP contribution in [0, 0.1) is 5.92 Å². The number of thiophene rings is 1. The molecule has 1 N–H and O–H groups in total. The van der Waals surface area contributed by atoms with Gasteiger partial charge in [0.15, 0.2) is 0 Å². The molecule has 1 unspecified atom stereocenters. The molecule has 1 atom stereocenters. The fraction of sp³-hybridized carbons (Fsp3) is 0.588. The Labute approximate surface area is 157 Å². The van der Waals surface area contributed by atoms with Crippen LogP contribution in [-0.2, 0) is 14.3 Å². The summed E-state index contributed by atoms with van der Waals surface area (Å²) < 4.78 is 42.6. The minimum atomic E-state index is -4.51. The van der Waals surface area contributed by atoms with Gasteiger partial charge in [0.05, 0.1) is 18.1 Å². The van der Waals surface area contributed by atoms with E-state index in [9.17, 15) is 27.6 Å². The molecule has 27 heavy (non-hydrogen) atoms. The number of amides is 2. The highest BCUT2D eigenvalue weighted by atomic mass is 32.1. The summed E-state index contributed by atoms with van der Waals surface area (Å²) in [7, 11) is 0. The molecule has 1 aromatic rings. The third-order valence-corrected chi connectivity index (χ3v) is 5.42. The minimum Gasteiger partial charge on any atom is -0.462 e. The number of carbonyl (C=O) groups is 3. The minimum absolute atomic E-state index is 0.190. The first kappa shape index (κ1) is 19.7. The Hall–Kier alpha value is -2.10. The van der Waals surface area contributed by atoms with E-state index in [0.717, 1.165) is 18.4 Å². The molecule has 0 bridgehead atoms. The highest BCUT2D eigenvalue weighted by Gasteiger charge is 2.41. The fourth-order valence-corrected chi connectivity index (χ4v) is 4.14. The van der Waals surface area contributed by atoms with E-state index in [1.807, 2.05) is 0 Å². The number of halogens is 3. The average Bonchev–Trinajstić information content (AvgIpc) is 3.23. The third kappa shape index (κ3) is 4.60.